The predicted molar refractivity (Wildman–Crippen MR) is 42.6 cm³/mol. The van der Waals surface area contributed by atoms with Crippen LogP contribution in [0.25, 0.3) is 4.98 Å². The van der Waals surface area contributed by atoms with E-state index in [1.54, 1.807) is 0 Å². The lowest BCUT2D eigenvalue weighted by Crippen LogP contribution is -1.91. The van der Waals surface area contributed by atoms with Crippen LogP contribution in [0.4, 0.5) is 18.9 Å². The maximum absolute atomic E-state index is 12.4. The molecule has 0 heterocycles. The van der Waals surface area contributed by atoms with E-state index >= 15 is 0 Å². The van der Waals surface area contributed by atoms with Gasteiger partial charge in [0.1, 0.15) is 0 Å². The Hall–Kier alpha value is -1.70. The zero-order valence-electron chi connectivity index (χ0n) is 8.22. The van der Waals surface area contributed by atoms with Crippen LogP contribution < -0.4 is 0 Å². The molecule has 0 spiro atoms. The summed E-state index contributed by atoms with van der Waals surface area (Å²) in [6.45, 7) is 0. The van der Waals surface area contributed by atoms with Crippen molar-refractivity contribution in [3.63, 3.8) is 0 Å². The highest BCUT2D eigenvalue weighted by molar-refractivity contribution is 7.79. The average Bonchev–Trinajstić information content (AvgIpc) is 2.08. The standard InChI is InChI=1S/C6H2F3N2.H2O4S/c7-3-1-5(9)6(11-10)2-4(3)8;1-5(2,3)4/h1-2H;(H2,1,2,3,4)/q+1;/p-1. The Kier molecular flexibility index (Phi) is 4.83. The van der Waals surface area contributed by atoms with E-state index < -0.39 is 33.5 Å². The van der Waals surface area contributed by atoms with Crippen molar-refractivity contribution in [2.45, 2.75) is 0 Å². The highest BCUT2D eigenvalue weighted by atomic mass is 32.3. The van der Waals surface area contributed by atoms with Crippen LogP contribution in [0.5, 0.6) is 0 Å². The average molecular weight is 256 g/mol. The SMILES string of the molecule is N#[N+]c1cc(F)c(F)cc1F.O=S(=O)([O-])[O-].[H+]. The molecule has 1 rings (SSSR count). The fourth-order valence-electron chi connectivity index (χ4n) is 0.589. The van der Waals surface area contributed by atoms with Gasteiger partial charge in [-0.1, -0.05) is 0 Å². The number of benzene rings is 1. The number of halogens is 3. The van der Waals surface area contributed by atoms with Crippen LogP contribution in [0.2, 0.25) is 0 Å². The summed E-state index contributed by atoms with van der Waals surface area (Å²) in [5.74, 6) is -3.67. The molecule has 0 aliphatic heterocycles. The van der Waals surface area contributed by atoms with E-state index in [2.05, 4.69) is 4.98 Å². The summed E-state index contributed by atoms with van der Waals surface area (Å²) >= 11 is 0. The zero-order chi connectivity index (χ0) is 12.9. The predicted octanol–water partition coefficient (Wildman–Crippen LogP) is 1.36. The van der Waals surface area contributed by atoms with E-state index in [0.29, 0.717) is 12.1 Å². The molecule has 0 radical (unpaired) electrons. The molecular formula is C6H3F3N2O4S. The molecule has 16 heavy (non-hydrogen) atoms. The largest absolute Gasteiger partial charge is 1.00 e. The minimum atomic E-state index is -5.17. The van der Waals surface area contributed by atoms with Crippen LogP contribution in [0.1, 0.15) is 1.43 Å². The topological polar surface area (TPSA) is 108 Å². The molecule has 0 unspecified atom stereocenters. The highest BCUT2D eigenvalue weighted by Gasteiger charge is 2.18. The number of nitrogens with zero attached hydrogens (tertiary/aromatic N) is 2. The summed E-state index contributed by atoms with van der Waals surface area (Å²) < 4.78 is 70.8. The Labute approximate surface area is 89.0 Å². The molecule has 88 valence electrons. The summed E-state index contributed by atoms with van der Waals surface area (Å²) in [6.07, 6.45) is 0. The first-order chi connectivity index (χ1) is 7.15. The van der Waals surface area contributed by atoms with E-state index in [0.717, 1.165) is 0 Å². The third-order valence-corrected chi connectivity index (χ3v) is 1.10. The van der Waals surface area contributed by atoms with E-state index in [9.17, 15) is 13.2 Å². The molecule has 0 fully saturated rings. The van der Waals surface area contributed by atoms with Crippen molar-refractivity contribution >= 4 is 16.1 Å². The molecule has 0 saturated heterocycles. The van der Waals surface area contributed by atoms with Gasteiger partial charge in [0.2, 0.25) is 11.2 Å². The fourth-order valence-corrected chi connectivity index (χ4v) is 0.589. The highest BCUT2D eigenvalue weighted by Crippen LogP contribution is 2.20. The first-order valence-corrected chi connectivity index (χ1v) is 4.65. The van der Waals surface area contributed by atoms with Crippen LogP contribution in [0.15, 0.2) is 12.1 Å². The van der Waals surface area contributed by atoms with Crippen molar-refractivity contribution in [2.24, 2.45) is 0 Å². The van der Waals surface area contributed by atoms with Crippen LogP contribution in [0.3, 0.4) is 0 Å². The Bertz CT molecular complexity index is 523. The van der Waals surface area contributed by atoms with E-state index in [1.165, 1.54) is 0 Å². The van der Waals surface area contributed by atoms with Gasteiger partial charge in [-0.3, -0.25) is 8.42 Å². The van der Waals surface area contributed by atoms with Gasteiger partial charge in [0.15, 0.2) is 16.6 Å². The molecular weight excluding hydrogens is 253 g/mol. The number of hydrogen-bond acceptors (Lipinski definition) is 5. The molecule has 0 bridgehead atoms. The van der Waals surface area contributed by atoms with Crippen LogP contribution >= 0.6 is 0 Å². The summed E-state index contributed by atoms with van der Waals surface area (Å²) in [7, 11) is -5.17. The van der Waals surface area contributed by atoms with Gasteiger partial charge in [-0.2, -0.15) is 4.39 Å². The van der Waals surface area contributed by atoms with Gasteiger partial charge in [0.05, 0.1) is 6.07 Å². The van der Waals surface area contributed by atoms with Crippen molar-refractivity contribution in [3.05, 3.63) is 34.6 Å². The Morgan fingerprint density at radius 1 is 1.12 bits per heavy atom. The van der Waals surface area contributed by atoms with Crippen LogP contribution in [-0.4, -0.2) is 17.5 Å². The molecule has 0 N–H and O–H groups in total. The quantitative estimate of drug-likeness (QED) is 0.301. The molecule has 0 aliphatic carbocycles. The summed E-state index contributed by atoms with van der Waals surface area (Å²) in [5, 5.41) is 8.03. The summed E-state index contributed by atoms with van der Waals surface area (Å²) in [5.41, 5.74) is -0.621. The zero-order valence-corrected chi connectivity index (χ0v) is 8.04. The maximum Gasteiger partial charge on any atom is 1.00 e. The molecule has 6 nitrogen and oxygen atoms in total. The maximum atomic E-state index is 12.4. The van der Waals surface area contributed by atoms with Gasteiger partial charge in [0, 0.05) is 16.5 Å². The van der Waals surface area contributed by atoms with Gasteiger partial charge in [-0.05, 0) is 0 Å². The van der Waals surface area contributed by atoms with Gasteiger partial charge < -0.3 is 9.11 Å². The number of diazo groups is 1. The molecule has 1 aromatic rings. The third kappa shape index (κ3) is 5.91. The van der Waals surface area contributed by atoms with Gasteiger partial charge in [0.25, 0.3) is 0 Å². The lowest BCUT2D eigenvalue weighted by Gasteiger charge is -2.06. The second-order valence-corrected chi connectivity index (χ2v) is 3.04. The molecule has 0 saturated carbocycles. The van der Waals surface area contributed by atoms with Crippen LogP contribution in [-0.2, 0) is 10.4 Å². The summed E-state index contributed by atoms with van der Waals surface area (Å²) in [6, 6.07) is 0.773. The normalized spacial score (nSPS) is 10.0. The van der Waals surface area contributed by atoms with Crippen molar-refractivity contribution < 1.29 is 32.1 Å². The third-order valence-electron chi connectivity index (χ3n) is 1.10. The minimum Gasteiger partial charge on any atom is -0.759 e. The fraction of sp³-hybridized carbons (Fsp3) is 0. The van der Waals surface area contributed by atoms with Crippen LogP contribution in [0, 0.1) is 22.8 Å². The monoisotopic (exact) mass is 256 g/mol. The Morgan fingerprint density at radius 3 is 1.88 bits per heavy atom. The smallest absolute Gasteiger partial charge is 0.759 e. The van der Waals surface area contributed by atoms with E-state index in [1.807, 2.05) is 0 Å². The molecule has 10 heteroatoms. The molecule has 0 aliphatic rings. The van der Waals surface area contributed by atoms with Crippen molar-refractivity contribution in [2.75, 3.05) is 0 Å². The Balaban J connectivity index is 0. The lowest BCUT2D eigenvalue weighted by molar-refractivity contribution is 0.352. The van der Waals surface area contributed by atoms with Gasteiger partial charge in [-0.25, -0.2) is 8.78 Å². The second-order valence-electron chi connectivity index (χ2n) is 2.23. The first-order valence-electron chi connectivity index (χ1n) is 3.31. The molecule has 0 aromatic heterocycles. The number of rotatable bonds is 0. The van der Waals surface area contributed by atoms with Crippen molar-refractivity contribution in [3.8, 4) is 0 Å². The Morgan fingerprint density at radius 2 is 1.50 bits per heavy atom. The van der Waals surface area contributed by atoms with Gasteiger partial charge >= 0.3 is 7.11 Å². The molecule has 0 atom stereocenters. The van der Waals surface area contributed by atoms with Crippen molar-refractivity contribution in [1.82, 2.24) is 0 Å². The molecule has 0 amide bonds. The number of hydrogen-bond donors (Lipinski definition) is 0. The second kappa shape index (κ2) is 5.40. The molecule has 1 aromatic carbocycles. The summed E-state index contributed by atoms with van der Waals surface area (Å²) in [4.78, 5) is 2.39. The van der Waals surface area contributed by atoms with Crippen molar-refractivity contribution in [1.29, 1.82) is 5.39 Å². The minimum absolute atomic E-state index is 0. The first kappa shape index (κ1) is 14.3. The lowest BCUT2D eigenvalue weighted by atomic mass is 10.3. The van der Waals surface area contributed by atoms with E-state index in [-0.39, 0.29) is 1.43 Å². The van der Waals surface area contributed by atoms with E-state index in [4.69, 9.17) is 22.9 Å². The van der Waals surface area contributed by atoms with Gasteiger partial charge in [-0.15, -0.1) is 0 Å².